The Morgan fingerprint density at radius 3 is 2.47 bits per heavy atom. The summed E-state index contributed by atoms with van der Waals surface area (Å²) in [6, 6.07) is 13.3. The van der Waals surface area contributed by atoms with Crippen molar-refractivity contribution in [3.63, 3.8) is 0 Å². The molecule has 0 amide bonds. The van der Waals surface area contributed by atoms with E-state index in [1.54, 1.807) is 13.2 Å². The van der Waals surface area contributed by atoms with Gasteiger partial charge in [-0.25, -0.2) is 0 Å². The number of ether oxygens (including phenoxy) is 2. The van der Waals surface area contributed by atoms with E-state index in [0.717, 1.165) is 22.4 Å². The maximum absolute atomic E-state index is 11.0. The predicted molar refractivity (Wildman–Crippen MR) is 74.5 cm³/mol. The molecule has 3 heteroatoms. The van der Waals surface area contributed by atoms with E-state index in [1.807, 2.05) is 43.3 Å². The molecule has 2 rings (SSSR count). The topological polar surface area (TPSA) is 35.5 Å². The largest absolute Gasteiger partial charge is 0.496 e. The molecule has 98 valence electrons. The molecule has 0 saturated carbocycles. The van der Waals surface area contributed by atoms with Gasteiger partial charge in [0.25, 0.3) is 0 Å². The molecule has 0 bridgehead atoms. The van der Waals surface area contributed by atoms with Crippen LogP contribution in [0.4, 0.5) is 0 Å². The van der Waals surface area contributed by atoms with Crippen molar-refractivity contribution < 1.29 is 14.3 Å². The van der Waals surface area contributed by atoms with Crippen molar-refractivity contribution in [1.82, 2.24) is 0 Å². The summed E-state index contributed by atoms with van der Waals surface area (Å²) in [6.07, 6.45) is 0. The van der Waals surface area contributed by atoms with Gasteiger partial charge in [-0.1, -0.05) is 24.3 Å². The molecule has 19 heavy (non-hydrogen) atoms. The van der Waals surface area contributed by atoms with Gasteiger partial charge < -0.3 is 9.47 Å². The number of benzene rings is 2. The summed E-state index contributed by atoms with van der Waals surface area (Å²) in [6.45, 7) is 3.40. The first kappa shape index (κ1) is 13.1. The standard InChI is InChI=1S/C16H16O3/c1-11-8-9-13(19-12(2)17)10-15(11)14-6-4-5-7-16(14)18-3/h4-10H,1-3H3. The summed E-state index contributed by atoms with van der Waals surface area (Å²) < 4.78 is 10.5. The number of carbonyl (C=O) groups is 1. The fraction of sp³-hybridized carbons (Fsp3) is 0.188. The number of para-hydroxylation sites is 1. The fourth-order valence-electron chi connectivity index (χ4n) is 1.99. The number of aryl methyl sites for hydroxylation is 1. The highest BCUT2D eigenvalue weighted by Crippen LogP contribution is 2.34. The number of carbonyl (C=O) groups excluding carboxylic acids is 1. The zero-order valence-electron chi connectivity index (χ0n) is 11.3. The Morgan fingerprint density at radius 2 is 1.79 bits per heavy atom. The van der Waals surface area contributed by atoms with Gasteiger partial charge in [0.15, 0.2) is 0 Å². The van der Waals surface area contributed by atoms with E-state index in [1.165, 1.54) is 6.92 Å². The maximum atomic E-state index is 11.0. The van der Waals surface area contributed by atoms with Crippen LogP contribution in [0.5, 0.6) is 11.5 Å². The molecule has 0 N–H and O–H groups in total. The monoisotopic (exact) mass is 256 g/mol. The lowest BCUT2D eigenvalue weighted by Gasteiger charge is -2.12. The second-order valence-electron chi connectivity index (χ2n) is 4.27. The lowest BCUT2D eigenvalue weighted by molar-refractivity contribution is -0.131. The number of rotatable bonds is 3. The van der Waals surface area contributed by atoms with Gasteiger partial charge >= 0.3 is 5.97 Å². The van der Waals surface area contributed by atoms with Gasteiger partial charge in [0.1, 0.15) is 11.5 Å². The van der Waals surface area contributed by atoms with Crippen LogP contribution in [0.1, 0.15) is 12.5 Å². The van der Waals surface area contributed by atoms with E-state index in [-0.39, 0.29) is 5.97 Å². The minimum atomic E-state index is -0.324. The average molecular weight is 256 g/mol. The molecule has 0 heterocycles. The summed E-state index contributed by atoms with van der Waals surface area (Å²) in [5.41, 5.74) is 3.08. The van der Waals surface area contributed by atoms with Crippen molar-refractivity contribution in [3.05, 3.63) is 48.0 Å². The Balaban J connectivity index is 2.51. The maximum Gasteiger partial charge on any atom is 0.308 e. The van der Waals surface area contributed by atoms with Gasteiger partial charge in [0.05, 0.1) is 7.11 Å². The molecule has 0 aliphatic heterocycles. The van der Waals surface area contributed by atoms with Crippen LogP contribution in [0, 0.1) is 6.92 Å². The molecule has 0 spiro atoms. The minimum Gasteiger partial charge on any atom is -0.496 e. The van der Waals surface area contributed by atoms with E-state index in [2.05, 4.69) is 0 Å². The van der Waals surface area contributed by atoms with E-state index in [9.17, 15) is 4.79 Å². The highest BCUT2D eigenvalue weighted by molar-refractivity contribution is 5.76. The third-order valence-electron chi connectivity index (χ3n) is 2.87. The second-order valence-corrected chi connectivity index (χ2v) is 4.27. The van der Waals surface area contributed by atoms with Gasteiger partial charge in [-0.15, -0.1) is 0 Å². The highest BCUT2D eigenvalue weighted by Gasteiger charge is 2.09. The third-order valence-corrected chi connectivity index (χ3v) is 2.87. The smallest absolute Gasteiger partial charge is 0.308 e. The molecule has 0 aromatic heterocycles. The van der Waals surface area contributed by atoms with Crippen molar-refractivity contribution in [2.75, 3.05) is 7.11 Å². The van der Waals surface area contributed by atoms with Crippen molar-refractivity contribution in [3.8, 4) is 22.6 Å². The molecule has 2 aromatic carbocycles. The van der Waals surface area contributed by atoms with E-state index in [4.69, 9.17) is 9.47 Å². The Bertz CT molecular complexity index is 603. The molecular formula is C16H16O3. The summed E-state index contributed by atoms with van der Waals surface area (Å²) in [5.74, 6) is 1.01. The van der Waals surface area contributed by atoms with Crippen LogP contribution in [0.25, 0.3) is 11.1 Å². The number of methoxy groups -OCH3 is 1. The summed E-state index contributed by atoms with van der Waals surface area (Å²) in [7, 11) is 1.64. The van der Waals surface area contributed by atoms with Crippen molar-refractivity contribution in [2.24, 2.45) is 0 Å². The van der Waals surface area contributed by atoms with Crippen LogP contribution < -0.4 is 9.47 Å². The van der Waals surface area contributed by atoms with Crippen molar-refractivity contribution in [2.45, 2.75) is 13.8 Å². The zero-order chi connectivity index (χ0) is 13.8. The molecule has 0 aliphatic rings. The summed E-state index contributed by atoms with van der Waals surface area (Å²) in [4.78, 5) is 11.0. The van der Waals surface area contributed by atoms with Crippen LogP contribution in [0.3, 0.4) is 0 Å². The molecule has 0 fully saturated rings. The molecule has 0 aliphatic carbocycles. The molecular weight excluding hydrogens is 240 g/mol. The Hall–Kier alpha value is -2.29. The molecule has 0 atom stereocenters. The lowest BCUT2D eigenvalue weighted by Crippen LogP contribution is -2.01. The first-order valence-electron chi connectivity index (χ1n) is 6.04. The van der Waals surface area contributed by atoms with Gasteiger partial charge in [0, 0.05) is 12.5 Å². The predicted octanol–water partition coefficient (Wildman–Crippen LogP) is 3.60. The molecule has 0 saturated heterocycles. The lowest BCUT2D eigenvalue weighted by atomic mass is 9.99. The SMILES string of the molecule is COc1ccccc1-c1cc(OC(C)=O)ccc1C. The molecule has 3 nitrogen and oxygen atoms in total. The number of hydrogen-bond acceptors (Lipinski definition) is 3. The number of hydrogen-bond donors (Lipinski definition) is 0. The van der Waals surface area contributed by atoms with Crippen molar-refractivity contribution >= 4 is 5.97 Å². The highest BCUT2D eigenvalue weighted by atomic mass is 16.5. The van der Waals surface area contributed by atoms with Crippen LogP contribution in [0.15, 0.2) is 42.5 Å². The molecule has 0 radical (unpaired) electrons. The molecule has 2 aromatic rings. The summed E-state index contributed by atoms with van der Waals surface area (Å²) >= 11 is 0. The van der Waals surface area contributed by atoms with Gasteiger partial charge in [-0.3, -0.25) is 4.79 Å². The Labute approximate surface area is 112 Å². The Morgan fingerprint density at radius 1 is 1.05 bits per heavy atom. The van der Waals surface area contributed by atoms with Crippen LogP contribution in [-0.2, 0) is 4.79 Å². The number of esters is 1. The van der Waals surface area contributed by atoms with Gasteiger partial charge in [0.2, 0.25) is 0 Å². The van der Waals surface area contributed by atoms with Crippen molar-refractivity contribution in [1.29, 1.82) is 0 Å². The minimum absolute atomic E-state index is 0.324. The molecule has 0 unspecified atom stereocenters. The average Bonchev–Trinajstić information content (AvgIpc) is 2.40. The van der Waals surface area contributed by atoms with Crippen LogP contribution in [0.2, 0.25) is 0 Å². The van der Waals surface area contributed by atoms with Crippen LogP contribution in [-0.4, -0.2) is 13.1 Å². The zero-order valence-corrected chi connectivity index (χ0v) is 11.3. The van der Waals surface area contributed by atoms with E-state index < -0.39 is 0 Å². The van der Waals surface area contributed by atoms with Gasteiger partial charge in [-0.05, 0) is 36.2 Å². The first-order valence-corrected chi connectivity index (χ1v) is 6.04. The normalized spacial score (nSPS) is 10.1. The van der Waals surface area contributed by atoms with E-state index in [0.29, 0.717) is 5.75 Å². The fourth-order valence-corrected chi connectivity index (χ4v) is 1.99. The van der Waals surface area contributed by atoms with E-state index >= 15 is 0 Å². The van der Waals surface area contributed by atoms with Gasteiger partial charge in [-0.2, -0.15) is 0 Å². The third kappa shape index (κ3) is 2.94. The first-order chi connectivity index (χ1) is 9.11. The van der Waals surface area contributed by atoms with Crippen LogP contribution >= 0.6 is 0 Å². The quantitative estimate of drug-likeness (QED) is 0.621. The second kappa shape index (κ2) is 5.57. The summed E-state index contributed by atoms with van der Waals surface area (Å²) in [5, 5.41) is 0. The Kier molecular flexibility index (Phi) is 3.85.